The Morgan fingerprint density at radius 1 is 1.33 bits per heavy atom. The van der Waals surface area contributed by atoms with Gasteiger partial charge in [0.25, 0.3) is 0 Å². The Hall–Kier alpha value is -0.610. The Morgan fingerprint density at radius 3 is 2.22 bits per heavy atom. The summed E-state index contributed by atoms with van der Waals surface area (Å²) in [6.45, 7) is 12.8. The molecule has 1 heterocycles. The lowest BCUT2D eigenvalue weighted by Gasteiger charge is -2.44. The van der Waals surface area contributed by atoms with Crippen molar-refractivity contribution in [2.24, 2.45) is 11.3 Å². The molecule has 4 heteroatoms. The molecule has 1 rings (SSSR count). The number of nitrogens with zero attached hydrogens (tertiary/aromatic N) is 2. The predicted octanol–water partition coefficient (Wildman–Crippen LogP) is 0.950. The number of aliphatic hydroxyl groups is 1. The standard InChI is InChI=1S/C14H29N2O2/c1-12(2)14(3,4)13(18)15-6-8-16(5,9-7-15)10-11-17/h12,17H,6-11H2,1-5H3/q+1. The second-order valence-electron chi connectivity index (χ2n) is 6.68. The summed E-state index contributed by atoms with van der Waals surface area (Å²) in [5.74, 6) is 0.623. The van der Waals surface area contributed by atoms with Crippen LogP contribution in [0.3, 0.4) is 0 Å². The van der Waals surface area contributed by atoms with E-state index in [-0.39, 0.29) is 17.9 Å². The maximum absolute atomic E-state index is 12.5. The van der Waals surface area contributed by atoms with Crippen LogP contribution in [0.25, 0.3) is 0 Å². The minimum absolute atomic E-state index is 0.224. The summed E-state index contributed by atoms with van der Waals surface area (Å²) in [5.41, 5.74) is -0.280. The van der Waals surface area contributed by atoms with E-state index in [2.05, 4.69) is 20.9 Å². The van der Waals surface area contributed by atoms with Crippen molar-refractivity contribution in [3.63, 3.8) is 0 Å². The quantitative estimate of drug-likeness (QED) is 0.762. The fourth-order valence-electron chi connectivity index (χ4n) is 2.27. The molecule has 1 saturated heterocycles. The van der Waals surface area contributed by atoms with E-state index in [0.717, 1.165) is 37.2 Å². The van der Waals surface area contributed by atoms with Gasteiger partial charge in [0.05, 0.1) is 39.8 Å². The summed E-state index contributed by atoms with van der Waals surface area (Å²) in [6, 6.07) is 0. The van der Waals surface area contributed by atoms with Crippen molar-refractivity contribution >= 4 is 5.91 Å². The molecule has 0 aliphatic carbocycles. The van der Waals surface area contributed by atoms with Crippen LogP contribution in [0, 0.1) is 11.3 Å². The molecule has 0 aromatic heterocycles. The normalized spacial score (nSPS) is 20.3. The zero-order chi connectivity index (χ0) is 14.0. The molecule has 0 saturated carbocycles. The predicted molar refractivity (Wildman–Crippen MR) is 73.1 cm³/mol. The molecule has 106 valence electrons. The summed E-state index contributed by atoms with van der Waals surface area (Å²) in [4.78, 5) is 14.5. The third-order valence-corrected chi connectivity index (χ3v) is 4.74. The first-order chi connectivity index (χ1) is 8.23. The number of hydrogen-bond acceptors (Lipinski definition) is 2. The molecule has 0 aromatic carbocycles. The van der Waals surface area contributed by atoms with E-state index >= 15 is 0 Å². The summed E-state index contributed by atoms with van der Waals surface area (Å²) < 4.78 is 0.877. The molecular weight excluding hydrogens is 228 g/mol. The summed E-state index contributed by atoms with van der Waals surface area (Å²) in [7, 11) is 2.16. The van der Waals surface area contributed by atoms with Crippen molar-refractivity contribution in [3.05, 3.63) is 0 Å². The van der Waals surface area contributed by atoms with Gasteiger partial charge >= 0.3 is 0 Å². The van der Waals surface area contributed by atoms with Gasteiger partial charge < -0.3 is 14.5 Å². The SMILES string of the molecule is CC(C)C(C)(C)C(=O)N1CC[N+](C)(CCO)CC1. The Bertz CT molecular complexity index is 292. The van der Waals surface area contributed by atoms with E-state index in [1.165, 1.54) is 0 Å². The molecule has 1 aliphatic heterocycles. The van der Waals surface area contributed by atoms with Crippen LogP contribution < -0.4 is 0 Å². The largest absolute Gasteiger partial charge is 0.391 e. The lowest BCUT2D eigenvalue weighted by molar-refractivity contribution is -0.913. The lowest BCUT2D eigenvalue weighted by Crippen LogP contribution is -2.60. The van der Waals surface area contributed by atoms with E-state index < -0.39 is 0 Å². The zero-order valence-electron chi connectivity index (χ0n) is 12.6. The van der Waals surface area contributed by atoms with Gasteiger partial charge in [0, 0.05) is 5.41 Å². The van der Waals surface area contributed by atoms with E-state index in [0.29, 0.717) is 5.92 Å². The highest BCUT2D eigenvalue weighted by Gasteiger charge is 2.38. The van der Waals surface area contributed by atoms with Crippen molar-refractivity contribution in [1.29, 1.82) is 0 Å². The molecule has 4 nitrogen and oxygen atoms in total. The molecule has 1 aliphatic rings. The highest BCUT2D eigenvalue weighted by atomic mass is 16.3. The molecule has 0 spiro atoms. The van der Waals surface area contributed by atoms with E-state index in [4.69, 9.17) is 5.11 Å². The number of quaternary nitrogens is 1. The summed E-state index contributed by atoms with van der Waals surface area (Å²) >= 11 is 0. The average molecular weight is 257 g/mol. The van der Waals surface area contributed by atoms with Crippen molar-refractivity contribution in [2.75, 3.05) is 46.4 Å². The summed E-state index contributed by atoms with van der Waals surface area (Å²) in [6.07, 6.45) is 0. The minimum atomic E-state index is -0.280. The zero-order valence-corrected chi connectivity index (χ0v) is 12.6. The Morgan fingerprint density at radius 2 is 1.83 bits per heavy atom. The van der Waals surface area contributed by atoms with Crippen LogP contribution in [0.15, 0.2) is 0 Å². The molecular formula is C14H29N2O2+. The average Bonchev–Trinajstić information content (AvgIpc) is 2.29. The van der Waals surface area contributed by atoms with Gasteiger partial charge in [-0.2, -0.15) is 0 Å². The van der Waals surface area contributed by atoms with Crippen LogP contribution in [0.1, 0.15) is 27.7 Å². The number of amides is 1. The summed E-state index contributed by atoms with van der Waals surface area (Å²) in [5, 5.41) is 9.06. The van der Waals surface area contributed by atoms with Gasteiger partial charge in [0.15, 0.2) is 0 Å². The topological polar surface area (TPSA) is 40.5 Å². The van der Waals surface area contributed by atoms with Gasteiger partial charge in [0.2, 0.25) is 5.91 Å². The smallest absolute Gasteiger partial charge is 0.228 e. The molecule has 0 bridgehead atoms. The Balaban J connectivity index is 2.61. The van der Waals surface area contributed by atoms with E-state index in [9.17, 15) is 4.79 Å². The first-order valence-electron chi connectivity index (χ1n) is 6.97. The maximum atomic E-state index is 12.5. The lowest BCUT2D eigenvalue weighted by atomic mass is 9.79. The number of piperazine rings is 1. The second-order valence-corrected chi connectivity index (χ2v) is 6.68. The first-order valence-corrected chi connectivity index (χ1v) is 6.97. The Labute approximate surface area is 111 Å². The number of carbonyl (C=O) groups is 1. The third-order valence-electron chi connectivity index (χ3n) is 4.74. The van der Waals surface area contributed by atoms with Crippen LogP contribution in [-0.4, -0.2) is 66.8 Å². The fourth-order valence-corrected chi connectivity index (χ4v) is 2.27. The third kappa shape index (κ3) is 3.23. The van der Waals surface area contributed by atoms with E-state index in [1.807, 2.05) is 18.7 Å². The van der Waals surface area contributed by atoms with Crippen LogP contribution in [0.2, 0.25) is 0 Å². The van der Waals surface area contributed by atoms with Gasteiger partial charge in [-0.05, 0) is 5.92 Å². The molecule has 0 atom stereocenters. The Kier molecular flexibility index (Phi) is 4.78. The number of aliphatic hydroxyl groups excluding tert-OH is 1. The van der Waals surface area contributed by atoms with Crippen LogP contribution in [0.5, 0.6) is 0 Å². The highest BCUT2D eigenvalue weighted by Crippen LogP contribution is 2.29. The second kappa shape index (κ2) is 5.57. The molecule has 1 amide bonds. The number of hydrogen-bond donors (Lipinski definition) is 1. The van der Waals surface area contributed by atoms with Crippen molar-refractivity contribution in [2.45, 2.75) is 27.7 Å². The van der Waals surface area contributed by atoms with Crippen LogP contribution >= 0.6 is 0 Å². The molecule has 0 unspecified atom stereocenters. The maximum Gasteiger partial charge on any atom is 0.228 e. The van der Waals surface area contributed by atoms with Gasteiger partial charge in [-0.15, -0.1) is 0 Å². The molecule has 1 N–H and O–H groups in total. The number of likely N-dealkylation sites (N-methyl/N-ethyl adjacent to an activating group) is 1. The van der Waals surface area contributed by atoms with Gasteiger partial charge in [0.1, 0.15) is 6.54 Å². The molecule has 18 heavy (non-hydrogen) atoms. The molecule has 0 aromatic rings. The fraction of sp³-hybridized carbons (Fsp3) is 0.929. The molecule has 0 radical (unpaired) electrons. The van der Waals surface area contributed by atoms with Gasteiger partial charge in [-0.1, -0.05) is 27.7 Å². The number of rotatable bonds is 4. The van der Waals surface area contributed by atoms with Crippen LogP contribution in [0.4, 0.5) is 0 Å². The van der Waals surface area contributed by atoms with Crippen molar-refractivity contribution < 1.29 is 14.4 Å². The monoisotopic (exact) mass is 257 g/mol. The minimum Gasteiger partial charge on any atom is -0.391 e. The van der Waals surface area contributed by atoms with Crippen LogP contribution in [-0.2, 0) is 4.79 Å². The van der Waals surface area contributed by atoms with Gasteiger partial charge in [-0.3, -0.25) is 4.79 Å². The number of carbonyl (C=O) groups excluding carboxylic acids is 1. The van der Waals surface area contributed by atoms with Gasteiger partial charge in [-0.25, -0.2) is 0 Å². The molecule has 1 fully saturated rings. The highest BCUT2D eigenvalue weighted by molar-refractivity contribution is 5.82. The van der Waals surface area contributed by atoms with E-state index in [1.54, 1.807) is 0 Å². The first kappa shape index (κ1) is 15.4. The van der Waals surface area contributed by atoms with Crippen molar-refractivity contribution in [1.82, 2.24) is 4.90 Å². The van der Waals surface area contributed by atoms with Crippen molar-refractivity contribution in [3.8, 4) is 0 Å².